The second-order valence-electron chi connectivity index (χ2n) is 7.96. The molecule has 3 aromatic rings. The van der Waals surface area contributed by atoms with Crippen LogP contribution in [0.3, 0.4) is 0 Å². The number of hydrogen-bond donors (Lipinski definition) is 0. The van der Waals surface area contributed by atoms with E-state index in [0.717, 1.165) is 54.7 Å². The van der Waals surface area contributed by atoms with Crippen molar-refractivity contribution < 1.29 is 4.79 Å². The van der Waals surface area contributed by atoms with Crippen LogP contribution in [0.15, 0.2) is 24.3 Å². The first-order chi connectivity index (χ1) is 14.7. The van der Waals surface area contributed by atoms with Crippen molar-refractivity contribution in [1.29, 1.82) is 0 Å². The van der Waals surface area contributed by atoms with E-state index < -0.39 is 0 Å². The van der Waals surface area contributed by atoms with E-state index in [1.54, 1.807) is 0 Å². The number of piperidine rings is 1. The van der Waals surface area contributed by atoms with Crippen molar-refractivity contribution in [2.75, 3.05) is 49.1 Å². The summed E-state index contributed by atoms with van der Waals surface area (Å²) < 4.78 is 8.45. The predicted molar refractivity (Wildman–Crippen MR) is 118 cm³/mol. The van der Waals surface area contributed by atoms with Gasteiger partial charge in [0.05, 0.1) is 11.7 Å². The Labute approximate surface area is 179 Å². The number of hydrogen-bond acceptors (Lipinski definition) is 8. The molecule has 0 radical (unpaired) electrons. The second kappa shape index (κ2) is 8.14. The first-order valence-electron chi connectivity index (χ1n) is 10.5. The summed E-state index contributed by atoms with van der Waals surface area (Å²) in [6.45, 7) is 6.94. The molecule has 30 heavy (non-hydrogen) atoms. The van der Waals surface area contributed by atoms with Gasteiger partial charge in [-0.2, -0.15) is 13.7 Å². The number of piperazine rings is 1. The Hall–Kier alpha value is -2.81. The van der Waals surface area contributed by atoms with E-state index in [1.807, 2.05) is 30.0 Å². The molecule has 8 nitrogen and oxygen atoms in total. The van der Waals surface area contributed by atoms with Crippen molar-refractivity contribution in [3.63, 3.8) is 0 Å². The Bertz CT molecular complexity index is 1050. The summed E-state index contributed by atoms with van der Waals surface area (Å²) >= 11 is 1.17. The van der Waals surface area contributed by atoms with E-state index in [-0.39, 0.29) is 5.91 Å². The molecule has 2 aliphatic rings. The molecule has 1 amide bonds. The molecule has 156 valence electrons. The molecular weight excluding hydrogens is 398 g/mol. The quantitative estimate of drug-likeness (QED) is 0.641. The van der Waals surface area contributed by atoms with Gasteiger partial charge in [-0.15, -0.1) is 0 Å². The Morgan fingerprint density at radius 3 is 2.43 bits per heavy atom. The molecule has 0 bridgehead atoms. The fourth-order valence-corrected chi connectivity index (χ4v) is 4.69. The summed E-state index contributed by atoms with van der Waals surface area (Å²) in [5.41, 5.74) is 3.28. The number of benzene rings is 1. The Kier molecular flexibility index (Phi) is 5.20. The molecule has 2 saturated heterocycles. The van der Waals surface area contributed by atoms with Crippen LogP contribution in [0.5, 0.6) is 0 Å². The van der Waals surface area contributed by atoms with Crippen LogP contribution in [0.1, 0.15) is 35.3 Å². The minimum atomic E-state index is 0.0451. The molecule has 0 saturated carbocycles. The maximum atomic E-state index is 12.9. The highest BCUT2D eigenvalue weighted by Crippen LogP contribution is 2.22. The van der Waals surface area contributed by atoms with Crippen LogP contribution in [0.4, 0.5) is 11.8 Å². The highest BCUT2D eigenvalue weighted by Gasteiger charge is 2.25. The lowest BCUT2D eigenvalue weighted by molar-refractivity contribution is 0.0746. The molecule has 5 rings (SSSR count). The first kappa shape index (κ1) is 19.2. The van der Waals surface area contributed by atoms with Crippen LogP contribution in [0.2, 0.25) is 0 Å². The summed E-state index contributed by atoms with van der Waals surface area (Å²) in [6, 6.07) is 7.62. The van der Waals surface area contributed by atoms with Gasteiger partial charge in [-0.05, 0) is 44.4 Å². The third kappa shape index (κ3) is 3.81. The van der Waals surface area contributed by atoms with Gasteiger partial charge in [-0.1, -0.05) is 0 Å². The van der Waals surface area contributed by atoms with Crippen molar-refractivity contribution >= 4 is 40.4 Å². The second-order valence-corrected chi connectivity index (χ2v) is 8.49. The number of aromatic nitrogens is 4. The summed E-state index contributed by atoms with van der Waals surface area (Å²) in [7, 11) is 0. The van der Waals surface area contributed by atoms with Gasteiger partial charge >= 0.3 is 0 Å². The highest BCUT2D eigenvalue weighted by molar-refractivity contribution is 7.00. The van der Waals surface area contributed by atoms with Gasteiger partial charge < -0.3 is 14.7 Å². The van der Waals surface area contributed by atoms with Crippen molar-refractivity contribution in [3.05, 3.63) is 35.5 Å². The summed E-state index contributed by atoms with van der Waals surface area (Å²) in [6.07, 6.45) is 3.75. The van der Waals surface area contributed by atoms with Crippen LogP contribution >= 0.6 is 11.7 Å². The van der Waals surface area contributed by atoms with Gasteiger partial charge in [-0.25, -0.2) is 4.98 Å². The number of carbonyl (C=O) groups is 1. The van der Waals surface area contributed by atoms with Gasteiger partial charge in [0.2, 0.25) is 5.95 Å². The third-order valence-electron chi connectivity index (χ3n) is 5.86. The molecule has 2 aliphatic heterocycles. The molecule has 0 spiro atoms. The lowest BCUT2D eigenvalue weighted by Gasteiger charge is -2.35. The van der Waals surface area contributed by atoms with E-state index in [1.165, 1.54) is 31.0 Å². The fourth-order valence-electron chi connectivity index (χ4n) is 4.17. The average Bonchev–Trinajstić information content (AvgIpc) is 3.27. The fraction of sp³-hybridized carbons (Fsp3) is 0.476. The number of rotatable bonds is 3. The molecule has 0 aliphatic carbocycles. The van der Waals surface area contributed by atoms with Crippen LogP contribution in [-0.2, 0) is 0 Å². The number of anilines is 2. The Balaban J connectivity index is 1.27. The number of amides is 1. The lowest BCUT2D eigenvalue weighted by Crippen LogP contribution is -2.49. The standard InChI is InChI=1S/C21H25N7OS/c1-15-13-19(26-7-3-2-4-8-26)23-21(22-15)28-11-9-27(10-12-28)20(29)16-5-6-17-18(14-16)25-30-24-17/h5-6,13-14H,2-4,7-12H2,1H3. The molecule has 9 heteroatoms. The van der Waals surface area contributed by atoms with Gasteiger partial charge in [0, 0.05) is 56.6 Å². The number of fused-ring (bicyclic) bond motifs is 1. The monoisotopic (exact) mass is 423 g/mol. The highest BCUT2D eigenvalue weighted by atomic mass is 32.1. The molecule has 1 aromatic carbocycles. The summed E-state index contributed by atoms with van der Waals surface area (Å²) in [5, 5.41) is 0. The first-order valence-corrected chi connectivity index (χ1v) is 11.3. The largest absolute Gasteiger partial charge is 0.356 e. The Morgan fingerprint density at radius 2 is 1.63 bits per heavy atom. The van der Waals surface area contributed by atoms with Crippen molar-refractivity contribution in [1.82, 2.24) is 23.6 Å². The average molecular weight is 424 g/mol. The van der Waals surface area contributed by atoms with Gasteiger partial charge in [0.15, 0.2) is 0 Å². The third-order valence-corrected chi connectivity index (χ3v) is 6.42. The molecule has 2 aromatic heterocycles. The zero-order valence-corrected chi connectivity index (χ0v) is 17.9. The zero-order chi connectivity index (χ0) is 20.5. The maximum absolute atomic E-state index is 12.9. The van der Waals surface area contributed by atoms with Crippen LogP contribution in [0, 0.1) is 6.92 Å². The van der Waals surface area contributed by atoms with Crippen molar-refractivity contribution in [3.8, 4) is 0 Å². The minimum absolute atomic E-state index is 0.0451. The topological polar surface area (TPSA) is 78.4 Å². The van der Waals surface area contributed by atoms with Crippen LogP contribution in [0.25, 0.3) is 11.0 Å². The van der Waals surface area contributed by atoms with Crippen molar-refractivity contribution in [2.45, 2.75) is 26.2 Å². The number of aryl methyl sites for hydroxylation is 1. The van der Waals surface area contributed by atoms with Crippen LogP contribution < -0.4 is 9.80 Å². The molecule has 0 atom stereocenters. The summed E-state index contributed by atoms with van der Waals surface area (Å²) in [4.78, 5) is 28.9. The predicted octanol–water partition coefficient (Wildman–Crippen LogP) is 2.74. The zero-order valence-electron chi connectivity index (χ0n) is 17.1. The molecule has 4 heterocycles. The van der Waals surface area contributed by atoms with Crippen LogP contribution in [-0.4, -0.2) is 68.8 Å². The minimum Gasteiger partial charge on any atom is -0.356 e. The van der Waals surface area contributed by atoms with E-state index in [0.29, 0.717) is 18.7 Å². The van der Waals surface area contributed by atoms with Gasteiger partial charge in [0.1, 0.15) is 16.9 Å². The molecule has 0 unspecified atom stereocenters. The Morgan fingerprint density at radius 1 is 0.867 bits per heavy atom. The normalized spacial score (nSPS) is 17.6. The van der Waals surface area contributed by atoms with E-state index in [9.17, 15) is 4.79 Å². The number of carbonyl (C=O) groups excluding carboxylic acids is 1. The van der Waals surface area contributed by atoms with Gasteiger partial charge in [-0.3, -0.25) is 4.79 Å². The SMILES string of the molecule is Cc1cc(N2CCCCC2)nc(N2CCN(C(=O)c3ccc4nsnc4c3)CC2)n1. The van der Waals surface area contributed by atoms with E-state index >= 15 is 0 Å². The van der Waals surface area contributed by atoms with E-state index in [2.05, 4.69) is 29.6 Å². The summed E-state index contributed by atoms with van der Waals surface area (Å²) in [5.74, 6) is 1.85. The molecule has 0 N–H and O–H groups in total. The molecule has 2 fully saturated rings. The molecular formula is C21H25N7OS. The smallest absolute Gasteiger partial charge is 0.254 e. The number of nitrogens with zero attached hydrogens (tertiary/aromatic N) is 7. The maximum Gasteiger partial charge on any atom is 0.254 e. The lowest BCUT2D eigenvalue weighted by atomic mass is 10.1. The van der Waals surface area contributed by atoms with E-state index in [4.69, 9.17) is 4.98 Å². The van der Waals surface area contributed by atoms with Crippen molar-refractivity contribution in [2.24, 2.45) is 0 Å². The van der Waals surface area contributed by atoms with Gasteiger partial charge in [0.25, 0.3) is 5.91 Å².